The third-order valence-electron chi connectivity index (χ3n) is 3.45. The van der Waals surface area contributed by atoms with E-state index in [0.717, 1.165) is 31.2 Å². The molecule has 0 radical (unpaired) electrons. The van der Waals surface area contributed by atoms with E-state index >= 15 is 0 Å². The summed E-state index contributed by atoms with van der Waals surface area (Å²) in [4.78, 5) is 11.0. The van der Waals surface area contributed by atoms with Gasteiger partial charge in [0.2, 0.25) is 0 Å². The Bertz CT molecular complexity index is 421. The number of hydrogen-bond donors (Lipinski definition) is 2. The highest BCUT2D eigenvalue weighted by atomic mass is 16.3. The molecule has 1 aromatic rings. The third-order valence-corrected chi connectivity index (χ3v) is 3.45. The van der Waals surface area contributed by atoms with Gasteiger partial charge in [-0.05, 0) is 12.3 Å². The lowest BCUT2D eigenvalue weighted by molar-refractivity contribution is 0.0969. The number of rotatable bonds is 2. The highest BCUT2D eigenvalue weighted by molar-refractivity contribution is 5.47. The average molecular weight is 250 g/mol. The van der Waals surface area contributed by atoms with Gasteiger partial charge < -0.3 is 15.7 Å². The van der Waals surface area contributed by atoms with Crippen molar-refractivity contribution >= 4 is 11.6 Å². The quantitative estimate of drug-likeness (QED) is 0.829. The minimum Gasteiger partial charge on any atom is -0.393 e. The van der Waals surface area contributed by atoms with Gasteiger partial charge in [0.25, 0.3) is 0 Å². The van der Waals surface area contributed by atoms with Crippen molar-refractivity contribution in [3.8, 4) is 0 Å². The standard InChI is InChI=1S/C13H22N4O/c1-8(2)13-15-11(14)6-12(16-13)17-5-4-10(18)9(3)7-17/h6,8-10,18H,4-5,7H2,1-3H3,(H2,14,15,16). The molecule has 0 amide bonds. The van der Waals surface area contributed by atoms with Gasteiger partial charge in [0.1, 0.15) is 17.5 Å². The highest BCUT2D eigenvalue weighted by Crippen LogP contribution is 2.24. The molecule has 18 heavy (non-hydrogen) atoms. The second kappa shape index (κ2) is 5.10. The van der Waals surface area contributed by atoms with Gasteiger partial charge in [-0.3, -0.25) is 0 Å². The van der Waals surface area contributed by atoms with E-state index in [4.69, 9.17) is 5.73 Å². The first-order valence-corrected chi connectivity index (χ1v) is 6.55. The van der Waals surface area contributed by atoms with Crippen molar-refractivity contribution < 1.29 is 5.11 Å². The first-order valence-electron chi connectivity index (χ1n) is 6.55. The fourth-order valence-corrected chi connectivity index (χ4v) is 2.23. The first kappa shape index (κ1) is 13.1. The molecule has 1 aliphatic rings. The predicted octanol–water partition coefficient (Wildman–Crippen LogP) is 1.39. The van der Waals surface area contributed by atoms with Gasteiger partial charge in [0.15, 0.2) is 0 Å². The van der Waals surface area contributed by atoms with Crippen molar-refractivity contribution in [2.24, 2.45) is 5.92 Å². The molecule has 1 aliphatic heterocycles. The maximum atomic E-state index is 9.76. The number of piperidine rings is 1. The fourth-order valence-electron chi connectivity index (χ4n) is 2.23. The molecule has 0 saturated carbocycles. The summed E-state index contributed by atoms with van der Waals surface area (Å²) < 4.78 is 0. The molecule has 0 aliphatic carbocycles. The van der Waals surface area contributed by atoms with Gasteiger partial charge in [-0.25, -0.2) is 9.97 Å². The van der Waals surface area contributed by atoms with Crippen molar-refractivity contribution in [1.29, 1.82) is 0 Å². The Kier molecular flexibility index (Phi) is 3.71. The largest absolute Gasteiger partial charge is 0.393 e. The Hall–Kier alpha value is -1.36. The summed E-state index contributed by atoms with van der Waals surface area (Å²) in [7, 11) is 0. The first-order chi connectivity index (χ1) is 8.47. The van der Waals surface area contributed by atoms with Crippen LogP contribution in [0.1, 0.15) is 38.9 Å². The predicted molar refractivity (Wildman–Crippen MR) is 72.5 cm³/mol. The summed E-state index contributed by atoms with van der Waals surface area (Å²) in [6, 6.07) is 1.82. The van der Waals surface area contributed by atoms with Gasteiger partial charge in [0, 0.05) is 25.1 Å². The maximum Gasteiger partial charge on any atom is 0.135 e. The Balaban J connectivity index is 2.23. The van der Waals surface area contributed by atoms with E-state index in [-0.39, 0.29) is 17.9 Å². The number of aliphatic hydroxyl groups is 1. The smallest absolute Gasteiger partial charge is 0.135 e. The van der Waals surface area contributed by atoms with Crippen LogP contribution in [0.4, 0.5) is 11.6 Å². The molecule has 2 rings (SSSR count). The van der Waals surface area contributed by atoms with Crippen molar-refractivity contribution in [2.45, 2.75) is 39.2 Å². The van der Waals surface area contributed by atoms with Crippen LogP contribution in [0, 0.1) is 5.92 Å². The Morgan fingerprint density at radius 3 is 2.78 bits per heavy atom. The maximum absolute atomic E-state index is 9.76. The number of anilines is 2. The highest BCUT2D eigenvalue weighted by Gasteiger charge is 2.25. The van der Waals surface area contributed by atoms with E-state index in [1.54, 1.807) is 0 Å². The van der Waals surface area contributed by atoms with Crippen molar-refractivity contribution in [3.63, 3.8) is 0 Å². The molecule has 5 nitrogen and oxygen atoms in total. The summed E-state index contributed by atoms with van der Waals surface area (Å²) in [6.07, 6.45) is 0.576. The fraction of sp³-hybridized carbons (Fsp3) is 0.692. The van der Waals surface area contributed by atoms with Gasteiger partial charge in [-0.1, -0.05) is 20.8 Å². The number of aromatic nitrogens is 2. The van der Waals surface area contributed by atoms with Crippen molar-refractivity contribution in [2.75, 3.05) is 23.7 Å². The minimum atomic E-state index is -0.204. The van der Waals surface area contributed by atoms with Gasteiger partial charge in [-0.15, -0.1) is 0 Å². The Morgan fingerprint density at radius 2 is 2.17 bits per heavy atom. The molecular weight excluding hydrogens is 228 g/mol. The molecule has 0 spiro atoms. The summed E-state index contributed by atoms with van der Waals surface area (Å²) in [5.74, 6) is 2.70. The Labute approximate surface area is 108 Å². The summed E-state index contributed by atoms with van der Waals surface area (Å²) >= 11 is 0. The van der Waals surface area contributed by atoms with Crippen LogP contribution in [-0.4, -0.2) is 34.3 Å². The molecule has 0 aromatic carbocycles. The number of nitrogen functional groups attached to an aromatic ring is 1. The molecule has 5 heteroatoms. The lowest BCUT2D eigenvalue weighted by Gasteiger charge is -2.35. The van der Waals surface area contributed by atoms with Gasteiger partial charge >= 0.3 is 0 Å². The van der Waals surface area contributed by atoms with Crippen LogP contribution in [-0.2, 0) is 0 Å². The van der Waals surface area contributed by atoms with E-state index in [2.05, 4.69) is 35.6 Å². The van der Waals surface area contributed by atoms with Gasteiger partial charge in [-0.2, -0.15) is 0 Å². The van der Waals surface area contributed by atoms with E-state index < -0.39 is 0 Å². The average Bonchev–Trinajstić information content (AvgIpc) is 2.31. The van der Waals surface area contributed by atoms with Crippen LogP contribution < -0.4 is 10.6 Å². The second-order valence-electron chi connectivity index (χ2n) is 5.44. The van der Waals surface area contributed by atoms with Crippen LogP contribution in [0.5, 0.6) is 0 Å². The van der Waals surface area contributed by atoms with E-state index in [1.807, 2.05) is 6.07 Å². The number of nitrogens with two attached hydrogens (primary N) is 1. The summed E-state index contributed by atoms with van der Waals surface area (Å²) in [5, 5.41) is 9.76. The van der Waals surface area contributed by atoms with Gasteiger partial charge in [0.05, 0.1) is 6.10 Å². The van der Waals surface area contributed by atoms with Crippen LogP contribution in [0.25, 0.3) is 0 Å². The lowest BCUT2D eigenvalue weighted by Crippen LogP contribution is -2.42. The third kappa shape index (κ3) is 2.72. The van der Waals surface area contributed by atoms with E-state index in [0.29, 0.717) is 5.82 Å². The number of aliphatic hydroxyl groups excluding tert-OH is 1. The summed E-state index contributed by atoms with van der Waals surface area (Å²) in [6.45, 7) is 7.81. The monoisotopic (exact) mass is 250 g/mol. The van der Waals surface area contributed by atoms with Crippen molar-refractivity contribution in [3.05, 3.63) is 11.9 Å². The topological polar surface area (TPSA) is 75.3 Å². The normalized spacial score (nSPS) is 24.6. The van der Waals surface area contributed by atoms with Crippen LogP contribution in [0.15, 0.2) is 6.07 Å². The molecule has 2 unspecified atom stereocenters. The zero-order valence-electron chi connectivity index (χ0n) is 11.3. The molecule has 1 fully saturated rings. The molecule has 2 atom stereocenters. The molecule has 1 saturated heterocycles. The van der Waals surface area contributed by atoms with E-state index in [1.165, 1.54) is 0 Å². The lowest BCUT2D eigenvalue weighted by atomic mass is 9.97. The van der Waals surface area contributed by atoms with Crippen LogP contribution >= 0.6 is 0 Å². The Morgan fingerprint density at radius 1 is 1.44 bits per heavy atom. The molecule has 3 N–H and O–H groups in total. The second-order valence-corrected chi connectivity index (χ2v) is 5.44. The van der Waals surface area contributed by atoms with Crippen molar-refractivity contribution in [1.82, 2.24) is 9.97 Å². The molecule has 0 bridgehead atoms. The molecule has 100 valence electrons. The van der Waals surface area contributed by atoms with Crippen LogP contribution in [0.2, 0.25) is 0 Å². The molecule has 1 aromatic heterocycles. The summed E-state index contributed by atoms with van der Waals surface area (Å²) in [5.41, 5.74) is 5.84. The van der Waals surface area contributed by atoms with E-state index in [9.17, 15) is 5.11 Å². The SMILES string of the molecule is CC(C)c1nc(N)cc(N2CCC(O)C(C)C2)n1. The zero-order chi connectivity index (χ0) is 13.3. The molecular formula is C13H22N4O. The zero-order valence-corrected chi connectivity index (χ0v) is 11.3. The minimum absolute atomic E-state index is 0.204. The van der Waals surface area contributed by atoms with Crippen LogP contribution in [0.3, 0.4) is 0 Å². The number of hydrogen-bond acceptors (Lipinski definition) is 5. The molecule has 2 heterocycles. The number of nitrogens with zero attached hydrogens (tertiary/aromatic N) is 3.